The molecule has 0 saturated carbocycles. The monoisotopic (exact) mass is 292 g/mol. The second-order valence-corrected chi connectivity index (χ2v) is 5.15. The van der Waals surface area contributed by atoms with Crippen LogP contribution in [0.25, 0.3) is 0 Å². The Morgan fingerprint density at radius 1 is 1.24 bits per heavy atom. The van der Waals surface area contributed by atoms with Crippen molar-refractivity contribution in [2.75, 3.05) is 44.3 Å². The molecule has 0 bridgehead atoms. The van der Waals surface area contributed by atoms with Crippen LogP contribution in [0.1, 0.15) is 25.5 Å². The molecule has 21 heavy (non-hydrogen) atoms. The molecule has 5 nitrogen and oxygen atoms in total. The summed E-state index contributed by atoms with van der Waals surface area (Å²) in [6, 6.07) is 7.31. The molecule has 116 valence electrons. The number of hydrogen-bond donors (Lipinski definition) is 1. The lowest BCUT2D eigenvalue weighted by atomic mass is 10.0. The molecule has 0 aliphatic carbocycles. The molecule has 0 amide bonds. The van der Waals surface area contributed by atoms with Gasteiger partial charge in [-0.15, -0.1) is 0 Å². The Morgan fingerprint density at radius 3 is 2.29 bits per heavy atom. The molecular formula is C16H24N2O3. The van der Waals surface area contributed by atoms with Gasteiger partial charge in [-0.2, -0.15) is 0 Å². The van der Waals surface area contributed by atoms with Gasteiger partial charge >= 0.3 is 5.97 Å². The van der Waals surface area contributed by atoms with Crippen LogP contribution in [0, 0.1) is 0 Å². The number of carboxylic acids is 1. The van der Waals surface area contributed by atoms with E-state index in [0.29, 0.717) is 26.3 Å². The summed E-state index contributed by atoms with van der Waals surface area (Å²) in [6.45, 7) is 8.64. The highest BCUT2D eigenvalue weighted by Crippen LogP contribution is 2.25. The van der Waals surface area contributed by atoms with Crippen molar-refractivity contribution in [2.24, 2.45) is 0 Å². The Labute approximate surface area is 126 Å². The molecule has 0 spiro atoms. The fourth-order valence-electron chi connectivity index (χ4n) is 2.80. The van der Waals surface area contributed by atoms with Gasteiger partial charge in [0.2, 0.25) is 0 Å². The van der Waals surface area contributed by atoms with Crippen molar-refractivity contribution >= 4 is 11.7 Å². The number of carbonyl (C=O) groups is 1. The maximum absolute atomic E-state index is 11.6. The van der Waals surface area contributed by atoms with Crippen LogP contribution in [0.3, 0.4) is 0 Å². The van der Waals surface area contributed by atoms with E-state index < -0.39 is 12.0 Å². The van der Waals surface area contributed by atoms with Gasteiger partial charge < -0.3 is 14.7 Å². The lowest BCUT2D eigenvalue weighted by molar-refractivity contribution is -0.145. The van der Waals surface area contributed by atoms with Gasteiger partial charge in [0.1, 0.15) is 6.04 Å². The number of aliphatic carboxylic acids is 1. The van der Waals surface area contributed by atoms with Gasteiger partial charge in [0.25, 0.3) is 0 Å². The molecule has 1 aliphatic rings. The van der Waals surface area contributed by atoms with Gasteiger partial charge in [-0.3, -0.25) is 9.69 Å². The Hall–Kier alpha value is -1.59. The van der Waals surface area contributed by atoms with Crippen LogP contribution in [0.4, 0.5) is 5.69 Å². The molecule has 1 aromatic rings. The molecule has 1 atom stereocenters. The highest BCUT2D eigenvalue weighted by molar-refractivity contribution is 5.76. The van der Waals surface area contributed by atoms with E-state index in [1.165, 1.54) is 0 Å². The number of carboxylic acid groups (broad SMARTS) is 1. The molecule has 1 aliphatic heterocycles. The largest absolute Gasteiger partial charge is 0.480 e. The predicted octanol–water partition coefficient (Wildman–Crippen LogP) is 1.99. The normalized spacial score (nSPS) is 17.4. The van der Waals surface area contributed by atoms with E-state index in [2.05, 4.69) is 18.7 Å². The Morgan fingerprint density at radius 2 is 1.81 bits per heavy atom. The fraction of sp³-hybridized carbons (Fsp3) is 0.562. The molecule has 0 aromatic heterocycles. The zero-order valence-electron chi connectivity index (χ0n) is 12.8. The topological polar surface area (TPSA) is 53.0 Å². The van der Waals surface area contributed by atoms with Crippen molar-refractivity contribution in [3.63, 3.8) is 0 Å². The molecule has 5 heteroatoms. The van der Waals surface area contributed by atoms with E-state index in [4.69, 9.17) is 4.74 Å². The Bertz CT molecular complexity index is 451. The van der Waals surface area contributed by atoms with Gasteiger partial charge in [-0.25, -0.2) is 0 Å². The minimum Gasteiger partial charge on any atom is -0.480 e. The van der Waals surface area contributed by atoms with E-state index in [9.17, 15) is 9.90 Å². The summed E-state index contributed by atoms with van der Waals surface area (Å²) < 4.78 is 5.30. The van der Waals surface area contributed by atoms with Crippen LogP contribution in [0.5, 0.6) is 0 Å². The van der Waals surface area contributed by atoms with E-state index in [0.717, 1.165) is 24.3 Å². The van der Waals surface area contributed by atoms with Crippen LogP contribution >= 0.6 is 0 Å². The van der Waals surface area contributed by atoms with Crippen LogP contribution in [0.15, 0.2) is 24.3 Å². The molecule has 1 unspecified atom stereocenters. The minimum atomic E-state index is -0.799. The molecule has 1 saturated heterocycles. The van der Waals surface area contributed by atoms with Crippen LogP contribution in [0.2, 0.25) is 0 Å². The molecule has 1 N–H and O–H groups in total. The van der Waals surface area contributed by atoms with Crippen LogP contribution in [-0.4, -0.2) is 55.4 Å². The van der Waals surface area contributed by atoms with Crippen molar-refractivity contribution in [3.05, 3.63) is 29.8 Å². The SMILES string of the molecule is CCN(CC)c1ccc(C(C(=O)O)N2CCOCC2)cc1. The maximum atomic E-state index is 11.6. The first kappa shape index (κ1) is 15.8. The van der Waals surface area contributed by atoms with Gasteiger partial charge in [0, 0.05) is 31.9 Å². The smallest absolute Gasteiger partial charge is 0.325 e. The quantitative estimate of drug-likeness (QED) is 0.869. The number of rotatable bonds is 6. The Kier molecular flexibility index (Phi) is 5.59. The third-order valence-electron chi connectivity index (χ3n) is 3.98. The third kappa shape index (κ3) is 3.74. The zero-order chi connectivity index (χ0) is 15.2. The highest BCUT2D eigenvalue weighted by Gasteiger charge is 2.28. The number of morpholine rings is 1. The van der Waals surface area contributed by atoms with Crippen LogP contribution < -0.4 is 4.90 Å². The first-order valence-corrected chi connectivity index (χ1v) is 7.56. The fourth-order valence-corrected chi connectivity index (χ4v) is 2.80. The first-order valence-electron chi connectivity index (χ1n) is 7.56. The second-order valence-electron chi connectivity index (χ2n) is 5.15. The number of benzene rings is 1. The van der Waals surface area contributed by atoms with Gasteiger partial charge in [-0.1, -0.05) is 12.1 Å². The summed E-state index contributed by atoms with van der Waals surface area (Å²) >= 11 is 0. The summed E-state index contributed by atoms with van der Waals surface area (Å²) in [5.41, 5.74) is 1.97. The number of hydrogen-bond acceptors (Lipinski definition) is 4. The van der Waals surface area contributed by atoms with Crippen molar-refractivity contribution in [3.8, 4) is 0 Å². The lowest BCUT2D eigenvalue weighted by Gasteiger charge is -2.32. The standard InChI is InChI=1S/C16H24N2O3/c1-3-17(4-2)14-7-5-13(6-8-14)15(16(19)20)18-9-11-21-12-10-18/h5-8,15H,3-4,9-12H2,1-2H3,(H,19,20). The minimum absolute atomic E-state index is 0.584. The molecule has 1 aromatic carbocycles. The summed E-state index contributed by atoms with van der Waals surface area (Å²) in [7, 11) is 0. The van der Waals surface area contributed by atoms with Crippen molar-refractivity contribution in [1.82, 2.24) is 4.90 Å². The molecule has 1 heterocycles. The highest BCUT2D eigenvalue weighted by atomic mass is 16.5. The van der Waals surface area contributed by atoms with Gasteiger partial charge in [0.05, 0.1) is 13.2 Å². The molecule has 0 radical (unpaired) electrons. The summed E-state index contributed by atoms with van der Waals surface area (Å²) in [5, 5.41) is 9.56. The van der Waals surface area contributed by atoms with Crippen molar-refractivity contribution in [2.45, 2.75) is 19.9 Å². The summed E-state index contributed by atoms with van der Waals surface area (Å²) in [5.74, 6) is -0.799. The van der Waals surface area contributed by atoms with E-state index >= 15 is 0 Å². The van der Waals surface area contributed by atoms with E-state index in [-0.39, 0.29) is 0 Å². The first-order chi connectivity index (χ1) is 10.2. The summed E-state index contributed by atoms with van der Waals surface area (Å²) in [6.07, 6.45) is 0. The Balaban J connectivity index is 2.18. The van der Waals surface area contributed by atoms with Crippen molar-refractivity contribution in [1.29, 1.82) is 0 Å². The number of ether oxygens (including phenoxy) is 1. The third-order valence-corrected chi connectivity index (χ3v) is 3.98. The van der Waals surface area contributed by atoms with Gasteiger partial charge in [0.15, 0.2) is 0 Å². The van der Waals surface area contributed by atoms with E-state index in [1.807, 2.05) is 29.2 Å². The average molecular weight is 292 g/mol. The molecular weight excluding hydrogens is 268 g/mol. The number of nitrogens with zero attached hydrogens (tertiary/aromatic N) is 2. The van der Waals surface area contributed by atoms with Crippen LogP contribution in [-0.2, 0) is 9.53 Å². The average Bonchev–Trinajstić information content (AvgIpc) is 2.51. The zero-order valence-corrected chi connectivity index (χ0v) is 12.8. The van der Waals surface area contributed by atoms with Gasteiger partial charge in [-0.05, 0) is 31.5 Å². The predicted molar refractivity (Wildman–Crippen MR) is 82.8 cm³/mol. The van der Waals surface area contributed by atoms with E-state index in [1.54, 1.807) is 0 Å². The number of anilines is 1. The maximum Gasteiger partial charge on any atom is 0.325 e. The molecule has 2 rings (SSSR count). The second kappa shape index (κ2) is 7.43. The van der Waals surface area contributed by atoms with Crippen molar-refractivity contribution < 1.29 is 14.6 Å². The lowest BCUT2D eigenvalue weighted by Crippen LogP contribution is -2.42. The summed E-state index contributed by atoms with van der Waals surface area (Å²) in [4.78, 5) is 15.9. The molecule has 1 fully saturated rings.